The van der Waals surface area contributed by atoms with Crippen molar-refractivity contribution in [3.8, 4) is 0 Å². The Hall–Kier alpha value is -1.35. The van der Waals surface area contributed by atoms with Crippen molar-refractivity contribution in [3.05, 3.63) is 46.2 Å². The van der Waals surface area contributed by atoms with Crippen LogP contribution < -0.4 is 4.80 Å². The van der Waals surface area contributed by atoms with E-state index < -0.39 is 0 Å². The highest BCUT2D eigenvalue weighted by Crippen LogP contribution is 2.27. The number of benzene rings is 1. The van der Waals surface area contributed by atoms with Gasteiger partial charge in [-0.15, -0.1) is 11.3 Å². The van der Waals surface area contributed by atoms with E-state index in [2.05, 4.69) is 41.1 Å². The molecule has 3 rings (SSSR count). The van der Waals surface area contributed by atoms with Gasteiger partial charge in [0.05, 0.1) is 5.69 Å². The van der Waals surface area contributed by atoms with Crippen LogP contribution in [0.25, 0.3) is 0 Å². The average Bonchev–Trinajstić information content (AvgIpc) is 2.69. The van der Waals surface area contributed by atoms with E-state index >= 15 is 0 Å². The number of thiazole rings is 1. The SMILES string of the molecule is Cc1csc(=Nc2ccccc2)n1C1CCCCCC1. The fraction of sp³-hybridized carbons (Fsp3) is 0.471. The first-order chi connectivity index (χ1) is 9.84. The molecular formula is C17H22N2S. The lowest BCUT2D eigenvalue weighted by molar-refractivity contribution is 0.428. The van der Waals surface area contributed by atoms with E-state index in [9.17, 15) is 0 Å². The summed E-state index contributed by atoms with van der Waals surface area (Å²) in [6, 6.07) is 10.9. The van der Waals surface area contributed by atoms with Crippen LogP contribution in [0.2, 0.25) is 0 Å². The van der Waals surface area contributed by atoms with Crippen molar-refractivity contribution in [2.75, 3.05) is 0 Å². The number of aryl methyl sites for hydroxylation is 1. The van der Waals surface area contributed by atoms with Crippen molar-refractivity contribution in [3.63, 3.8) is 0 Å². The maximum Gasteiger partial charge on any atom is 0.190 e. The first kappa shape index (κ1) is 13.6. The van der Waals surface area contributed by atoms with Crippen LogP contribution in [-0.2, 0) is 0 Å². The van der Waals surface area contributed by atoms with Crippen molar-refractivity contribution < 1.29 is 0 Å². The zero-order valence-corrected chi connectivity index (χ0v) is 12.9. The van der Waals surface area contributed by atoms with Gasteiger partial charge in [0.25, 0.3) is 0 Å². The first-order valence-electron chi connectivity index (χ1n) is 7.61. The van der Waals surface area contributed by atoms with Crippen LogP contribution in [-0.4, -0.2) is 4.57 Å². The quantitative estimate of drug-likeness (QED) is 0.692. The van der Waals surface area contributed by atoms with Crippen molar-refractivity contribution in [2.24, 2.45) is 4.99 Å². The highest BCUT2D eigenvalue weighted by Gasteiger charge is 2.16. The molecule has 1 aliphatic carbocycles. The third-order valence-corrected chi connectivity index (χ3v) is 5.05. The molecule has 1 saturated carbocycles. The van der Waals surface area contributed by atoms with E-state index in [1.807, 2.05) is 6.07 Å². The summed E-state index contributed by atoms with van der Waals surface area (Å²) in [4.78, 5) is 6.00. The lowest BCUT2D eigenvalue weighted by Gasteiger charge is -2.18. The van der Waals surface area contributed by atoms with Crippen molar-refractivity contribution >= 4 is 17.0 Å². The van der Waals surface area contributed by atoms with E-state index in [0.29, 0.717) is 6.04 Å². The third-order valence-electron chi connectivity index (χ3n) is 4.09. The van der Waals surface area contributed by atoms with Gasteiger partial charge in [0.1, 0.15) is 0 Å². The number of rotatable bonds is 2. The number of aromatic nitrogens is 1. The molecule has 0 atom stereocenters. The van der Waals surface area contributed by atoms with Gasteiger partial charge in [0.2, 0.25) is 0 Å². The van der Waals surface area contributed by atoms with Crippen molar-refractivity contribution in [1.82, 2.24) is 4.57 Å². The fourth-order valence-electron chi connectivity index (χ4n) is 3.06. The van der Waals surface area contributed by atoms with Crippen LogP contribution in [0.3, 0.4) is 0 Å². The summed E-state index contributed by atoms with van der Waals surface area (Å²) in [5.41, 5.74) is 2.41. The second-order valence-electron chi connectivity index (χ2n) is 5.62. The van der Waals surface area contributed by atoms with E-state index in [1.165, 1.54) is 44.2 Å². The molecule has 0 spiro atoms. The molecule has 0 aliphatic heterocycles. The molecule has 2 aromatic rings. The fourth-order valence-corrected chi connectivity index (χ4v) is 4.01. The average molecular weight is 286 g/mol. The largest absolute Gasteiger partial charge is 0.318 e. The Balaban J connectivity index is 1.98. The molecule has 1 aromatic carbocycles. The molecule has 0 radical (unpaired) electrons. The van der Waals surface area contributed by atoms with Crippen molar-refractivity contribution in [2.45, 2.75) is 51.5 Å². The first-order valence-corrected chi connectivity index (χ1v) is 8.49. The number of hydrogen-bond acceptors (Lipinski definition) is 2. The zero-order chi connectivity index (χ0) is 13.8. The van der Waals surface area contributed by atoms with Crippen LogP contribution in [0.4, 0.5) is 5.69 Å². The van der Waals surface area contributed by atoms with E-state index in [0.717, 1.165) is 10.5 Å². The second kappa shape index (κ2) is 6.40. The summed E-state index contributed by atoms with van der Waals surface area (Å²) in [6.45, 7) is 2.21. The molecule has 0 amide bonds. The maximum absolute atomic E-state index is 4.85. The van der Waals surface area contributed by atoms with Crippen LogP contribution in [0, 0.1) is 6.92 Å². The lowest BCUT2D eigenvalue weighted by Crippen LogP contribution is -2.21. The Morgan fingerprint density at radius 1 is 1.05 bits per heavy atom. The van der Waals surface area contributed by atoms with Gasteiger partial charge in [-0.3, -0.25) is 0 Å². The smallest absolute Gasteiger partial charge is 0.190 e. The lowest BCUT2D eigenvalue weighted by atomic mass is 10.1. The molecule has 1 aromatic heterocycles. The Labute approximate surface area is 124 Å². The molecule has 0 unspecified atom stereocenters. The summed E-state index contributed by atoms with van der Waals surface area (Å²) in [5, 5.41) is 2.24. The van der Waals surface area contributed by atoms with Crippen LogP contribution >= 0.6 is 11.3 Å². The van der Waals surface area contributed by atoms with Gasteiger partial charge in [-0.1, -0.05) is 43.9 Å². The molecule has 0 bridgehead atoms. The molecule has 3 heteroatoms. The van der Waals surface area contributed by atoms with Crippen LogP contribution in [0.1, 0.15) is 50.3 Å². The van der Waals surface area contributed by atoms with Gasteiger partial charge < -0.3 is 4.57 Å². The minimum atomic E-state index is 0.645. The predicted octanol–water partition coefficient (Wildman–Crippen LogP) is 4.99. The predicted molar refractivity (Wildman–Crippen MR) is 85.5 cm³/mol. The maximum atomic E-state index is 4.85. The molecule has 1 fully saturated rings. The summed E-state index contributed by atoms with van der Waals surface area (Å²) in [6.07, 6.45) is 8.12. The Bertz CT molecular complexity index is 601. The molecule has 0 saturated heterocycles. The van der Waals surface area contributed by atoms with Gasteiger partial charge in [0.15, 0.2) is 4.80 Å². The van der Waals surface area contributed by atoms with Gasteiger partial charge in [-0.05, 0) is 31.9 Å². The monoisotopic (exact) mass is 286 g/mol. The second-order valence-corrected chi connectivity index (χ2v) is 6.46. The summed E-state index contributed by atoms with van der Waals surface area (Å²) >= 11 is 1.77. The van der Waals surface area contributed by atoms with Crippen LogP contribution in [0.5, 0.6) is 0 Å². The molecule has 1 heterocycles. The zero-order valence-electron chi connectivity index (χ0n) is 12.1. The number of para-hydroxylation sites is 1. The highest BCUT2D eigenvalue weighted by atomic mass is 32.1. The Kier molecular flexibility index (Phi) is 4.36. The van der Waals surface area contributed by atoms with Crippen molar-refractivity contribution in [1.29, 1.82) is 0 Å². The Morgan fingerprint density at radius 2 is 1.75 bits per heavy atom. The van der Waals surface area contributed by atoms with E-state index in [4.69, 9.17) is 4.99 Å². The topological polar surface area (TPSA) is 17.3 Å². The van der Waals surface area contributed by atoms with Gasteiger partial charge in [-0.2, -0.15) is 0 Å². The number of hydrogen-bond donors (Lipinski definition) is 0. The molecule has 20 heavy (non-hydrogen) atoms. The minimum Gasteiger partial charge on any atom is -0.318 e. The summed E-state index contributed by atoms with van der Waals surface area (Å²) < 4.78 is 2.48. The minimum absolute atomic E-state index is 0.645. The van der Waals surface area contributed by atoms with Gasteiger partial charge in [-0.25, -0.2) is 4.99 Å². The summed E-state index contributed by atoms with van der Waals surface area (Å²) in [5.74, 6) is 0. The highest BCUT2D eigenvalue weighted by molar-refractivity contribution is 7.07. The van der Waals surface area contributed by atoms with E-state index in [-0.39, 0.29) is 0 Å². The molecule has 106 valence electrons. The molecular weight excluding hydrogens is 264 g/mol. The standard InChI is InChI=1S/C17H22N2S/c1-14-13-20-17(18-15-9-5-4-6-10-15)19(14)16-11-7-2-3-8-12-16/h4-6,9-10,13,16H,2-3,7-8,11-12H2,1H3. The summed E-state index contributed by atoms with van der Waals surface area (Å²) in [7, 11) is 0. The molecule has 0 N–H and O–H groups in total. The normalized spacial score (nSPS) is 18.1. The molecule has 1 aliphatic rings. The Morgan fingerprint density at radius 3 is 2.45 bits per heavy atom. The van der Waals surface area contributed by atoms with Gasteiger partial charge >= 0.3 is 0 Å². The van der Waals surface area contributed by atoms with E-state index in [1.54, 1.807) is 11.3 Å². The van der Waals surface area contributed by atoms with Crippen LogP contribution in [0.15, 0.2) is 40.7 Å². The molecule has 2 nitrogen and oxygen atoms in total. The third kappa shape index (κ3) is 3.04. The van der Waals surface area contributed by atoms with Gasteiger partial charge in [0, 0.05) is 17.1 Å². The number of nitrogens with zero attached hydrogens (tertiary/aromatic N) is 2.